The van der Waals surface area contributed by atoms with Crippen LogP contribution in [-0.2, 0) is 0 Å². The molecule has 0 aromatic rings. The van der Waals surface area contributed by atoms with E-state index < -0.39 is 0 Å². The average Bonchev–Trinajstić information content (AvgIpc) is 2.50. The van der Waals surface area contributed by atoms with Crippen molar-refractivity contribution in [2.75, 3.05) is 33.7 Å². The van der Waals surface area contributed by atoms with E-state index in [0.29, 0.717) is 0 Å². The van der Waals surface area contributed by atoms with Crippen LogP contribution in [0, 0.1) is 11.8 Å². The lowest BCUT2D eigenvalue weighted by Crippen LogP contribution is -2.52. The second-order valence-corrected chi connectivity index (χ2v) is 6.90. The number of quaternary nitrogens is 1. The Kier molecular flexibility index (Phi) is 5.46. The van der Waals surface area contributed by atoms with Crippen molar-refractivity contribution >= 4 is 0 Å². The third-order valence-electron chi connectivity index (χ3n) is 4.25. The molecule has 1 aliphatic rings. The van der Waals surface area contributed by atoms with Crippen molar-refractivity contribution in [2.24, 2.45) is 11.8 Å². The molecule has 0 bridgehead atoms. The average molecular weight is 241 g/mol. The molecule has 0 aliphatic carbocycles. The lowest BCUT2D eigenvalue weighted by Gasteiger charge is -2.38. The topological polar surface area (TPSA) is 3.24 Å². The SMILES string of the molecule is CCCCC(C)CN1CC[N+](C)(C)C1C(C)C. The van der Waals surface area contributed by atoms with Crippen molar-refractivity contribution in [3.63, 3.8) is 0 Å². The van der Waals surface area contributed by atoms with Crippen molar-refractivity contribution in [1.29, 1.82) is 0 Å². The molecule has 0 saturated carbocycles. The van der Waals surface area contributed by atoms with E-state index >= 15 is 0 Å². The van der Waals surface area contributed by atoms with Crippen molar-refractivity contribution in [1.82, 2.24) is 4.90 Å². The summed E-state index contributed by atoms with van der Waals surface area (Å²) < 4.78 is 1.18. The number of hydrogen-bond donors (Lipinski definition) is 0. The molecular weight excluding hydrogens is 208 g/mol. The molecule has 0 aromatic carbocycles. The smallest absolute Gasteiger partial charge is 0.147 e. The summed E-state index contributed by atoms with van der Waals surface area (Å²) in [6.07, 6.45) is 4.84. The van der Waals surface area contributed by atoms with Crippen LogP contribution in [0.3, 0.4) is 0 Å². The third kappa shape index (κ3) is 3.96. The Morgan fingerprint density at radius 3 is 2.41 bits per heavy atom. The Balaban J connectivity index is 2.53. The molecular formula is C15H33N2+. The van der Waals surface area contributed by atoms with Crippen LogP contribution in [0.15, 0.2) is 0 Å². The lowest BCUT2D eigenvalue weighted by atomic mass is 10.0. The van der Waals surface area contributed by atoms with E-state index in [-0.39, 0.29) is 0 Å². The molecule has 17 heavy (non-hydrogen) atoms. The van der Waals surface area contributed by atoms with Gasteiger partial charge in [-0.05, 0) is 12.3 Å². The predicted octanol–water partition coefficient (Wildman–Crippen LogP) is 3.19. The van der Waals surface area contributed by atoms with E-state index in [9.17, 15) is 0 Å². The molecule has 1 saturated heterocycles. The molecule has 0 N–H and O–H groups in total. The number of hydrogen-bond acceptors (Lipinski definition) is 1. The highest BCUT2D eigenvalue weighted by molar-refractivity contribution is 4.75. The second-order valence-electron chi connectivity index (χ2n) is 6.90. The van der Waals surface area contributed by atoms with E-state index in [1.807, 2.05) is 0 Å². The fourth-order valence-electron chi connectivity index (χ4n) is 3.57. The van der Waals surface area contributed by atoms with Gasteiger partial charge in [-0.15, -0.1) is 0 Å². The third-order valence-corrected chi connectivity index (χ3v) is 4.25. The Morgan fingerprint density at radius 1 is 1.24 bits per heavy atom. The van der Waals surface area contributed by atoms with Gasteiger partial charge in [0.05, 0.1) is 27.2 Å². The van der Waals surface area contributed by atoms with E-state index in [2.05, 4.69) is 46.7 Å². The van der Waals surface area contributed by atoms with Gasteiger partial charge in [0, 0.05) is 12.5 Å². The number of rotatable bonds is 6. The van der Waals surface area contributed by atoms with Crippen LogP contribution in [0.2, 0.25) is 0 Å². The second kappa shape index (κ2) is 6.19. The number of nitrogens with zero attached hydrogens (tertiary/aromatic N) is 2. The predicted molar refractivity (Wildman–Crippen MR) is 75.9 cm³/mol. The van der Waals surface area contributed by atoms with Crippen LogP contribution in [0.5, 0.6) is 0 Å². The summed E-state index contributed by atoms with van der Waals surface area (Å²) in [4.78, 5) is 2.74. The van der Waals surface area contributed by atoms with Crippen LogP contribution in [0.4, 0.5) is 0 Å². The zero-order valence-electron chi connectivity index (χ0n) is 12.9. The number of likely N-dealkylation sites (N-methyl/N-ethyl adjacent to an activating group) is 1. The van der Waals surface area contributed by atoms with Gasteiger partial charge >= 0.3 is 0 Å². The molecule has 0 spiro atoms. The van der Waals surface area contributed by atoms with Gasteiger partial charge < -0.3 is 4.48 Å². The van der Waals surface area contributed by atoms with E-state index in [4.69, 9.17) is 0 Å². The van der Waals surface area contributed by atoms with Crippen LogP contribution in [0.1, 0.15) is 47.0 Å². The normalized spacial score (nSPS) is 26.6. The highest BCUT2D eigenvalue weighted by atomic mass is 15.5. The summed E-state index contributed by atoms with van der Waals surface area (Å²) in [6.45, 7) is 13.4. The van der Waals surface area contributed by atoms with Crippen molar-refractivity contribution in [3.05, 3.63) is 0 Å². The van der Waals surface area contributed by atoms with Crippen LogP contribution in [0.25, 0.3) is 0 Å². The van der Waals surface area contributed by atoms with Gasteiger partial charge in [0.1, 0.15) is 6.17 Å². The van der Waals surface area contributed by atoms with Gasteiger partial charge in [0.2, 0.25) is 0 Å². The molecule has 0 aromatic heterocycles. The van der Waals surface area contributed by atoms with Crippen molar-refractivity contribution < 1.29 is 4.48 Å². The lowest BCUT2D eigenvalue weighted by molar-refractivity contribution is -0.911. The molecule has 1 fully saturated rings. The summed E-state index contributed by atoms with van der Waals surface area (Å²) >= 11 is 0. The van der Waals surface area contributed by atoms with Gasteiger partial charge in [0.15, 0.2) is 0 Å². The molecule has 2 nitrogen and oxygen atoms in total. The molecule has 0 amide bonds. The van der Waals surface area contributed by atoms with Crippen LogP contribution >= 0.6 is 0 Å². The maximum atomic E-state index is 2.74. The standard InChI is InChI=1S/C15H33N2/c1-7-8-9-14(4)12-16-10-11-17(5,6)15(16)13(2)3/h13-15H,7-12H2,1-6H3/q+1. The first-order chi connectivity index (χ1) is 7.88. The zero-order valence-corrected chi connectivity index (χ0v) is 12.9. The van der Waals surface area contributed by atoms with E-state index in [0.717, 1.165) is 18.0 Å². The maximum absolute atomic E-state index is 2.74. The van der Waals surface area contributed by atoms with Gasteiger partial charge in [-0.25, -0.2) is 4.90 Å². The molecule has 1 rings (SSSR count). The first-order valence-corrected chi connectivity index (χ1v) is 7.45. The minimum absolute atomic E-state index is 0.721. The van der Waals surface area contributed by atoms with Crippen LogP contribution < -0.4 is 0 Å². The van der Waals surface area contributed by atoms with Gasteiger partial charge in [-0.3, -0.25) is 0 Å². The Bertz CT molecular complexity index is 223. The minimum Gasteiger partial charge on any atom is -0.312 e. The molecule has 1 aliphatic heterocycles. The molecule has 0 radical (unpaired) electrons. The fraction of sp³-hybridized carbons (Fsp3) is 1.00. The van der Waals surface area contributed by atoms with Gasteiger partial charge in [0.25, 0.3) is 0 Å². The Morgan fingerprint density at radius 2 is 1.88 bits per heavy atom. The van der Waals surface area contributed by atoms with Crippen LogP contribution in [-0.4, -0.2) is 49.3 Å². The summed E-state index contributed by atoms with van der Waals surface area (Å²) in [5.41, 5.74) is 0. The zero-order chi connectivity index (χ0) is 13.1. The number of unbranched alkanes of at least 4 members (excludes halogenated alkanes) is 1. The van der Waals surface area contributed by atoms with Gasteiger partial charge in [-0.1, -0.05) is 40.5 Å². The van der Waals surface area contributed by atoms with E-state index in [1.165, 1.54) is 43.4 Å². The minimum atomic E-state index is 0.721. The summed E-state index contributed by atoms with van der Waals surface area (Å²) in [7, 11) is 4.78. The Labute approximate surface area is 109 Å². The summed E-state index contributed by atoms with van der Waals surface area (Å²) in [5.74, 6) is 1.61. The largest absolute Gasteiger partial charge is 0.312 e. The quantitative estimate of drug-likeness (QED) is 0.646. The van der Waals surface area contributed by atoms with Crippen molar-refractivity contribution in [3.8, 4) is 0 Å². The first kappa shape index (κ1) is 15.0. The summed E-state index contributed by atoms with van der Waals surface area (Å²) in [5, 5.41) is 0. The molecule has 2 heteroatoms. The molecule has 2 unspecified atom stereocenters. The molecule has 102 valence electrons. The van der Waals surface area contributed by atoms with Gasteiger partial charge in [-0.2, -0.15) is 0 Å². The Hall–Kier alpha value is -0.0800. The molecule has 1 heterocycles. The van der Waals surface area contributed by atoms with Crippen molar-refractivity contribution in [2.45, 2.75) is 53.1 Å². The highest BCUT2D eigenvalue weighted by Crippen LogP contribution is 2.27. The summed E-state index contributed by atoms with van der Waals surface area (Å²) in [6, 6.07) is 0. The first-order valence-electron chi connectivity index (χ1n) is 7.45. The molecule has 2 atom stereocenters. The highest BCUT2D eigenvalue weighted by Gasteiger charge is 2.42. The fourth-order valence-corrected chi connectivity index (χ4v) is 3.57. The monoisotopic (exact) mass is 241 g/mol. The van der Waals surface area contributed by atoms with E-state index in [1.54, 1.807) is 0 Å². The maximum Gasteiger partial charge on any atom is 0.147 e.